The van der Waals surface area contributed by atoms with Crippen LogP contribution in [0.25, 0.3) is 0 Å². The summed E-state index contributed by atoms with van der Waals surface area (Å²) < 4.78 is 67.9. The number of ether oxygens (including phenoxy) is 3. The van der Waals surface area contributed by atoms with Crippen molar-refractivity contribution >= 4 is 19.7 Å². The van der Waals surface area contributed by atoms with Gasteiger partial charge in [0.2, 0.25) is 19.7 Å². The van der Waals surface area contributed by atoms with Crippen LogP contribution in [0, 0.1) is 0 Å². The molecule has 0 bridgehead atoms. The summed E-state index contributed by atoms with van der Waals surface area (Å²) in [5.74, 6) is 1.73. The molecular weight excluding hydrogens is 552 g/mol. The summed E-state index contributed by atoms with van der Waals surface area (Å²) in [6.45, 7) is 3.22. The Balaban J connectivity index is 1.20. The first kappa shape index (κ1) is 29.0. The lowest BCUT2D eigenvalue weighted by Gasteiger charge is -2.10. The van der Waals surface area contributed by atoms with Gasteiger partial charge in [-0.15, -0.1) is 0 Å². The molecule has 4 aromatic carbocycles. The van der Waals surface area contributed by atoms with E-state index >= 15 is 0 Å². The second kappa shape index (κ2) is 12.9. The highest BCUT2D eigenvalue weighted by Gasteiger charge is 2.18. The molecule has 0 unspecified atom stereocenters. The van der Waals surface area contributed by atoms with Gasteiger partial charge >= 0.3 is 0 Å². The van der Waals surface area contributed by atoms with E-state index in [-0.39, 0.29) is 25.3 Å². The first-order valence-electron chi connectivity index (χ1n) is 12.7. The molecule has 0 saturated heterocycles. The summed E-state index contributed by atoms with van der Waals surface area (Å²) in [4.78, 5) is 0.609. The normalized spacial score (nSPS) is 11.6. The first-order chi connectivity index (χ1) is 19.2. The van der Waals surface area contributed by atoms with Crippen LogP contribution in [0.5, 0.6) is 23.0 Å². The predicted molar refractivity (Wildman–Crippen MR) is 150 cm³/mol. The number of unbranched alkanes of at least 4 members (excludes halogenated alkanes) is 1. The molecule has 210 valence electrons. The molecule has 0 aromatic heterocycles. The lowest BCUT2D eigenvalue weighted by Crippen LogP contribution is -2.04. The molecule has 0 amide bonds. The van der Waals surface area contributed by atoms with Crippen molar-refractivity contribution in [3.63, 3.8) is 0 Å². The Bertz CT molecular complexity index is 1600. The zero-order valence-corrected chi connectivity index (χ0v) is 23.5. The van der Waals surface area contributed by atoms with Crippen molar-refractivity contribution in [3.05, 3.63) is 97.1 Å². The number of sulfone groups is 2. The summed E-state index contributed by atoms with van der Waals surface area (Å²) in [7, 11) is -7.32. The van der Waals surface area contributed by atoms with Gasteiger partial charge in [0.15, 0.2) is 0 Å². The van der Waals surface area contributed by atoms with Gasteiger partial charge in [0.25, 0.3) is 0 Å². The van der Waals surface area contributed by atoms with Gasteiger partial charge in [0, 0.05) is 0 Å². The summed E-state index contributed by atoms with van der Waals surface area (Å²) in [5.41, 5.74) is 0. The quantitative estimate of drug-likeness (QED) is 0.200. The highest BCUT2D eigenvalue weighted by atomic mass is 32.2. The second-order valence-corrected chi connectivity index (χ2v) is 12.7. The van der Waals surface area contributed by atoms with Crippen LogP contribution < -0.4 is 14.2 Å². The highest BCUT2D eigenvalue weighted by Crippen LogP contribution is 2.26. The predicted octanol–water partition coefficient (Wildman–Crippen LogP) is 5.69. The standard InChI is InChI=1S/C30H30O8S2/c1-2-36-24-7-15-28(16-8-24)40(34,35)30-19-11-26(12-20-30)38-22-4-3-21-37-25-9-17-29(18-10-25)39(32,33)27-13-5-23(31)6-14-27/h5-20,31H,2-4,21-22H2,1H3. The van der Waals surface area contributed by atoms with E-state index in [1.807, 2.05) is 6.92 Å². The molecule has 4 aromatic rings. The lowest BCUT2D eigenvalue weighted by molar-refractivity contribution is 0.266. The van der Waals surface area contributed by atoms with E-state index in [9.17, 15) is 21.9 Å². The fraction of sp³-hybridized carbons (Fsp3) is 0.200. The van der Waals surface area contributed by atoms with Crippen molar-refractivity contribution in [1.29, 1.82) is 0 Å². The zero-order chi connectivity index (χ0) is 28.6. The Morgan fingerprint density at radius 3 is 1.12 bits per heavy atom. The number of benzene rings is 4. The first-order valence-corrected chi connectivity index (χ1v) is 15.6. The molecule has 0 heterocycles. The van der Waals surface area contributed by atoms with Crippen molar-refractivity contribution in [2.75, 3.05) is 19.8 Å². The summed E-state index contributed by atoms with van der Waals surface area (Å²) in [5, 5.41) is 9.37. The van der Waals surface area contributed by atoms with Gasteiger partial charge < -0.3 is 19.3 Å². The topological polar surface area (TPSA) is 116 Å². The molecule has 0 saturated carbocycles. The second-order valence-electron chi connectivity index (χ2n) is 8.75. The van der Waals surface area contributed by atoms with E-state index in [4.69, 9.17) is 14.2 Å². The monoisotopic (exact) mass is 582 g/mol. The largest absolute Gasteiger partial charge is 0.508 e. The van der Waals surface area contributed by atoms with Crippen LogP contribution in [0.15, 0.2) is 117 Å². The van der Waals surface area contributed by atoms with E-state index in [0.29, 0.717) is 49.9 Å². The molecule has 10 heteroatoms. The van der Waals surface area contributed by atoms with E-state index in [0.717, 1.165) is 0 Å². The number of phenolic OH excluding ortho intramolecular Hbond substituents is 1. The number of aromatic hydroxyl groups is 1. The van der Waals surface area contributed by atoms with E-state index in [2.05, 4.69) is 0 Å². The fourth-order valence-corrected chi connectivity index (χ4v) is 6.32. The molecule has 8 nitrogen and oxygen atoms in total. The Labute approximate surface area is 234 Å². The summed E-state index contributed by atoms with van der Waals surface area (Å²) in [6, 6.07) is 24.2. The van der Waals surface area contributed by atoms with Crippen molar-refractivity contribution in [2.45, 2.75) is 39.3 Å². The molecule has 0 spiro atoms. The zero-order valence-electron chi connectivity index (χ0n) is 21.9. The molecule has 0 aliphatic rings. The van der Waals surface area contributed by atoms with Gasteiger partial charge in [-0.25, -0.2) is 16.8 Å². The van der Waals surface area contributed by atoms with Crippen LogP contribution in [0.1, 0.15) is 19.8 Å². The minimum atomic E-state index is -3.68. The molecule has 0 aliphatic heterocycles. The van der Waals surface area contributed by atoms with Crippen molar-refractivity contribution < 1.29 is 36.2 Å². The fourth-order valence-electron chi connectivity index (χ4n) is 3.79. The molecule has 0 aliphatic carbocycles. The van der Waals surface area contributed by atoms with E-state index in [1.165, 1.54) is 60.7 Å². The summed E-state index contributed by atoms with van der Waals surface area (Å²) >= 11 is 0. The van der Waals surface area contributed by atoms with E-state index < -0.39 is 19.7 Å². The molecule has 40 heavy (non-hydrogen) atoms. The Kier molecular flexibility index (Phi) is 9.34. The molecule has 0 fully saturated rings. The van der Waals surface area contributed by atoms with Gasteiger partial charge in [0.05, 0.1) is 39.4 Å². The van der Waals surface area contributed by atoms with Gasteiger partial charge in [-0.1, -0.05) is 0 Å². The van der Waals surface area contributed by atoms with Gasteiger partial charge in [0.1, 0.15) is 23.0 Å². The average Bonchev–Trinajstić information content (AvgIpc) is 2.96. The van der Waals surface area contributed by atoms with Crippen molar-refractivity contribution in [1.82, 2.24) is 0 Å². The van der Waals surface area contributed by atoms with Gasteiger partial charge in [-0.05, 0) is 117 Å². The van der Waals surface area contributed by atoms with Crippen molar-refractivity contribution in [3.8, 4) is 23.0 Å². The van der Waals surface area contributed by atoms with Crippen LogP contribution in [0.4, 0.5) is 0 Å². The van der Waals surface area contributed by atoms with Crippen LogP contribution in [0.3, 0.4) is 0 Å². The third-order valence-corrected chi connectivity index (χ3v) is 9.51. The lowest BCUT2D eigenvalue weighted by atomic mass is 10.3. The molecular formula is C30H30O8S2. The number of hydrogen-bond acceptors (Lipinski definition) is 8. The maximum atomic E-state index is 12.9. The maximum Gasteiger partial charge on any atom is 0.206 e. The Hall–Kier alpha value is -4.02. The molecule has 1 N–H and O–H groups in total. The Morgan fingerprint density at radius 1 is 0.500 bits per heavy atom. The van der Waals surface area contributed by atoms with Crippen LogP contribution in [0.2, 0.25) is 0 Å². The van der Waals surface area contributed by atoms with Crippen LogP contribution in [-0.2, 0) is 19.7 Å². The third kappa shape index (κ3) is 7.13. The molecule has 4 rings (SSSR count). The molecule has 0 atom stereocenters. The number of rotatable bonds is 13. The minimum Gasteiger partial charge on any atom is -0.508 e. The average molecular weight is 583 g/mol. The highest BCUT2D eigenvalue weighted by molar-refractivity contribution is 7.91. The van der Waals surface area contributed by atoms with Crippen LogP contribution in [-0.4, -0.2) is 41.8 Å². The minimum absolute atomic E-state index is 0.00229. The van der Waals surface area contributed by atoms with Crippen molar-refractivity contribution in [2.24, 2.45) is 0 Å². The third-order valence-electron chi connectivity index (χ3n) is 5.94. The summed E-state index contributed by atoms with van der Waals surface area (Å²) in [6.07, 6.45) is 1.41. The number of hydrogen-bond donors (Lipinski definition) is 1. The smallest absolute Gasteiger partial charge is 0.206 e. The Morgan fingerprint density at radius 2 is 0.800 bits per heavy atom. The molecule has 0 radical (unpaired) electrons. The number of phenols is 1. The SMILES string of the molecule is CCOc1ccc(S(=O)(=O)c2ccc(OCCCCOc3ccc(S(=O)(=O)c4ccc(O)cc4)cc3)cc2)cc1. The maximum absolute atomic E-state index is 12.9. The van der Waals surface area contributed by atoms with E-state index in [1.54, 1.807) is 36.4 Å². The van der Waals surface area contributed by atoms with Gasteiger partial charge in [-0.2, -0.15) is 0 Å². The van der Waals surface area contributed by atoms with Gasteiger partial charge in [-0.3, -0.25) is 0 Å². The van der Waals surface area contributed by atoms with Crippen LogP contribution >= 0.6 is 0 Å².